The second-order valence-electron chi connectivity index (χ2n) is 8.56. The zero-order chi connectivity index (χ0) is 22.2. The first-order valence-corrected chi connectivity index (χ1v) is 10.9. The van der Waals surface area contributed by atoms with Crippen molar-refractivity contribution in [2.75, 3.05) is 30.0 Å². The van der Waals surface area contributed by atoms with Crippen molar-refractivity contribution in [3.8, 4) is 11.3 Å². The summed E-state index contributed by atoms with van der Waals surface area (Å²) in [4.78, 5) is 37.2. The van der Waals surface area contributed by atoms with Gasteiger partial charge in [-0.25, -0.2) is 19.6 Å². The second kappa shape index (κ2) is 8.27. The number of nitrogens with one attached hydrogen (secondary N) is 2. The van der Waals surface area contributed by atoms with Gasteiger partial charge in [0, 0.05) is 29.4 Å². The molecule has 0 spiro atoms. The first-order valence-electron chi connectivity index (χ1n) is 10.9. The van der Waals surface area contributed by atoms with Gasteiger partial charge in [-0.1, -0.05) is 12.1 Å². The molecule has 4 N–H and O–H groups in total. The molecule has 2 aromatic rings. The van der Waals surface area contributed by atoms with Gasteiger partial charge < -0.3 is 30.9 Å². The topological polar surface area (TPSA) is 126 Å². The van der Waals surface area contributed by atoms with E-state index in [-0.39, 0.29) is 12.1 Å². The quantitative estimate of drug-likeness (QED) is 0.672. The molecule has 0 radical (unpaired) electrons. The van der Waals surface area contributed by atoms with Crippen LogP contribution in [-0.4, -0.2) is 58.8 Å². The van der Waals surface area contributed by atoms with Gasteiger partial charge in [0.05, 0.1) is 43.7 Å². The number of rotatable bonds is 4. The fourth-order valence-corrected chi connectivity index (χ4v) is 4.08. The van der Waals surface area contributed by atoms with E-state index in [0.29, 0.717) is 50.5 Å². The Kier molecular flexibility index (Phi) is 5.30. The number of hydrogen-bond acceptors (Lipinski definition) is 6. The highest BCUT2D eigenvalue weighted by Gasteiger charge is 2.30. The highest BCUT2D eigenvalue weighted by molar-refractivity contribution is 5.90. The molecule has 2 aliphatic heterocycles. The van der Waals surface area contributed by atoms with Gasteiger partial charge in [-0.15, -0.1) is 0 Å². The summed E-state index contributed by atoms with van der Waals surface area (Å²) in [6.07, 6.45) is 2.08. The number of hydrogen-bond donors (Lipinski definition) is 3. The summed E-state index contributed by atoms with van der Waals surface area (Å²) in [5.41, 5.74) is 9.64. The van der Waals surface area contributed by atoms with Crippen molar-refractivity contribution in [1.82, 2.24) is 20.2 Å². The molecule has 5 rings (SSSR count). The van der Waals surface area contributed by atoms with E-state index >= 15 is 0 Å². The molecule has 3 heterocycles. The van der Waals surface area contributed by atoms with Crippen LogP contribution in [-0.2, 0) is 17.8 Å². The van der Waals surface area contributed by atoms with Crippen LogP contribution in [0, 0.1) is 0 Å². The average molecular weight is 438 g/mol. The number of primary amides is 1. The number of carbonyl (C=O) groups excluding carboxylic acids is 2. The standard InChI is InChI=1S/C22H27N7O3/c1-13-12-32-9-8-29(13)21-26-18-11-28(20(23)30)10-17(18)19(27-21)14-2-4-15(5-3-14)24-22(31)25-16-6-7-16/h2-5,13,16H,6-12H2,1H3,(H2,23,30)(H2,24,25,31). The Balaban J connectivity index is 1.45. The summed E-state index contributed by atoms with van der Waals surface area (Å²) in [5, 5.41) is 5.77. The predicted molar refractivity (Wildman–Crippen MR) is 119 cm³/mol. The molecule has 168 valence electrons. The monoisotopic (exact) mass is 437 g/mol. The smallest absolute Gasteiger partial charge is 0.319 e. The van der Waals surface area contributed by atoms with Crippen LogP contribution in [0.4, 0.5) is 21.2 Å². The van der Waals surface area contributed by atoms with Crippen molar-refractivity contribution in [3.05, 3.63) is 35.5 Å². The number of nitrogens with zero attached hydrogens (tertiary/aromatic N) is 4. The molecule has 1 aliphatic carbocycles. The molecule has 1 saturated carbocycles. The van der Waals surface area contributed by atoms with Gasteiger partial charge in [0.15, 0.2) is 0 Å². The largest absolute Gasteiger partial charge is 0.377 e. The zero-order valence-corrected chi connectivity index (χ0v) is 18.0. The molecule has 2 fully saturated rings. The van der Waals surface area contributed by atoms with Crippen LogP contribution in [0.1, 0.15) is 31.0 Å². The molecule has 0 bridgehead atoms. The maximum Gasteiger partial charge on any atom is 0.319 e. The summed E-state index contributed by atoms with van der Waals surface area (Å²) in [5.74, 6) is 0.631. The van der Waals surface area contributed by atoms with Gasteiger partial charge in [-0.2, -0.15) is 0 Å². The maximum absolute atomic E-state index is 12.0. The lowest BCUT2D eigenvalue weighted by Crippen LogP contribution is -2.44. The number of ether oxygens (including phenoxy) is 1. The molecule has 1 unspecified atom stereocenters. The Morgan fingerprint density at radius 2 is 1.94 bits per heavy atom. The third-order valence-electron chi connectivity index (χ3n) is 6.04. The van der Waals surface area contributed by atoms with E-state index in [0.717, 1.165) is 35.4 Å². The van der Waals surface area contributed by atoms with Gasteiger partial charge in [-0.3, -0.25) is 0 Å². The van der Waals surface area contributed by atoms with Crippen molar-refractivity contribution >= 4 is 23.7 Å². The molecule has 10 heteroatoms. The van der Waals surface area contributed by atoms with Crippen molar-refractivity contribution < 1.29 is 14.3 Å². The minimum atomic E-state index is -0.475. The van der Waals surface area contributed by atoms with E-state index in [2.05, 4.69) is 22.5 Å². The molecular weight excluding hydrogens is 410 g/mol. The lowest BCUT2D eigenvalue weighted by atomic mass is 10.1. The fourth-order valence-electron chi connectivity index (χ4n) is 4.08. The molecule has 3 aliphatic rings. The highest BCUT2D eigenvalue weighted by Crippen LogP contribution is 2.33. The van der Waals surface area contributed by atoms with Crippen molar-refractivity contribution in [3.63, 3.8) is 0 Å². The van der Waals surface area contributed by atoms with E-state index in [1.165, 1.54) is 0 Å². The van der Waals surface area contributed by atoms with Crippen LogP contribution in [0.25, 0.3) is 11.3 Å². The number of anilines is 2. The summed E-state index contributed by atoms with van der Waals surface area (Å²) in [6.45, 7) is 4.77. The molecule has 10 nitrogen and oxygen atoms in total. The van der Waals surface area contributed by atoms with Crippen LogP contribution in [0.5, 0.6) is 0 Å². The van der Waals surface area contributed by atoms with E-state index < -0.39 is 6.03 Å². The van der Waals surface area contributed by atoms with Crippen LogP contribution in [0.3, 0.4) is 0 Å². The molecule has 1 saturated heterocycles. The van der Waals surface area contributed by atoms with Crippen LogP contribution in [0.2, 0.25) is 0 Å². The Morgan fingerprint density at radius 3 is 2.62 bits per heavy atom. The fraction of sp³-hybridized carbons (Fsp3) is 0.455. The first-order chi connectivity index (χ1) is 15.5. The van der Waals surface area contributed by atoms with Crippen molar-refractivity contribution in [2.24, 2.45) is 5.73 Å². The Morgan fingerprint density at radius 1 is 1.16 bits per heavy atom. The number of benzene rings is 1. The highest BCUT2D eigenvalue weighted by atomic mass is 16.5. The Labute approximate surface area is 186 Å². The van der Waals surface area contributed by atoms with Crippen LogP contribution >= 0.6 is 0 Å². The number of morpholine rings is 1. The molecule has 4 amide bonds. The molecule has 1 atom stereocenters. The number of amides is 4. The maximum atomic E-state index is 12.0. The third-order valence-corrected chi connectivity index (χ3v) is 6.04. The second-order valence-corrected chi connectivity index (χ2v) is 8.56. The summed E-state index contributed by atoms with van der Waals surface area (Å²) in [6, 6.07) is 7.35. The van der Waals surface area contributed by atoms with Crippen LogP contribution in [0.15, 0.2) is 24.3 Å². The number of fused-ring (bicyclic) bond motifs is 1. The Hall–Kier alpha value is -3.40. The number of aromatic nitrogens is 2. The normalized spacial score (nSPS) is 20.1. The van der Waals surface area contributed by atoms with Crippen molar-refractivity contribution in [2.45, 2.75) is 44.9 Å². The average Bonchev–Trinajstić information content (AvgIpc) is 3.47. The molecule has 1 aromatic carbocycles. The van der Waals surface area contributed by atoms with E-state index in [1.807, 2.05) is 24.3 Å². The van der Waals surface area contributed by atoms with E-state index in [4.69, 9.17) is 20.4 Å². The predicted octanol–water partition coefficient (Wildman–Crippen LogP) is 2.05. The van der Waals surface area contributed by atoms with Gasteiger partial charge in [0.1, 0.15) is 0 Å². The molecular formula is C22H27N7O3. The first kappa shape index (κ1) is 20.5. The van der Waals surface area contributed by atoms with Gasteiger partial charge >= 0.3 is 12.1 Å². The molecule has 32 heavy (non-hydrogen) atoms. The number of carbonyl (C=O) groups is 2. The third kappa shape index (κ3) is 4.18. The van der Waals surface area contributed by atoms with Gasteiger partial charge in [0.25, 0.3) is 0 Å². The molecule has 1 aromatic heterocycles. The SMILES string of the molecule is CC1COCCN1c1nc2c(c(-c3ccc(NC(=O)NC4CC4)cc3)n1)CN(C(N)=O)C2. The minimum absolute atomic E-state index is 0.153. The minimum Gasteiger partial charge on any atom is -0.377 e. The summed E-state index contributed by atoms with van der Waals surface area (Å²) in [7, 11) is 0. The van der Waals surface area contributed by atoms with E-state index in [1.54, 1.807) is 4.90 Å². The van der Waals surface area contributed by atoms with Crippen LogP contribution < -0.4 is 21.3 Å². The van der Waals surface area contributed by atoms with Gasteiger partial charge in [-0.05, 0) is 31.9 Å². The number of urea groups is 2. The lowest BCUT2D eigenvalue weighted by molar-refractivity contribution is 0.0980. The van der Waals surface area contributed by atoms with E-state index in [9.17, 15) is 9.59 Å². The Bertz CT molecular complexity index is 1040. The van der Waals surface area contributed by atoms with Crippen molar-refractivity contribution in [1.29, 1.82) is 0 Å². The summed E-state index contributed by atoms with van der Waals surface area (Å²) < 4.78 is 5.56. The lowest BCUT2D eigenvalue weighted by Gasteiger charge is -2.33. The summed E-state index contributed by atoms with van der Waals surface area (Å²) >= 11 is 0. The zero-order valence-electron chi connectivity index (χ0n) is 18.0. The van der Waals surface area contributed by atoms with Gasteiger partial charge in [0.2, 0.25) is 5.95 Å². The number of nitrogens with two attached hydrogens (primary N) is 1.